The Bertz CT molecular complexity index is 855. The standard InChI is InChI=1S/C19H22N4O5/c24-9-12-6-11(8-21-12)20-7-10-2-1-3-13-16(10)19(28)23(18(13)27)14-4-5-15(25)22-17(14)26/h1-3,11-12,14,20-21,24H,4-9H2,(H,22,25,26)/t11-,12-,14?/m0/s1. The lowest BCUT2D eigenvalue weighted by Gasteiger charge is -2.27. The minimum absolute atomic E-state index is 0.0604. The Labute approximate surface area is 161 Å². The highest BCUT2D eigenvalue weighted by atomic mass is 16.3. The Balaban J connectivity index is 1.53. The zero-order valence-corrected chi connectivity index (χ0v) is 15.2. The summed E-state index contributed by atoms with van der Waals surface area (Å²) in [6.07, 6.45) is 1.01. The number of piperidine rings is 1. The summed E-state index contributed by atoms with van der Waals surface area (Å²) in [5.74, 6) is -2.00. The zero-order chi connectivity index (χ0) is 19.8. The van der Waals surface area contributed by atoms with Gasteiger partial charge in [-0.3, -0.25) is 29.4 Å². The van der Waals surface area contributed by atoms with Crippen LogP contribution in [0, 0.1) is 0 Å². The van der Waals surface area contributed by atoms with Crippen LogP contribution in [0.3, 0.4) is 0 Å². The van der Waals surface area contributed by atoms with Gasteiger partial charge in [-0.1, -0.05) is 12.1 Å². The number of rotatable bonds is 5. The highest BCUT2D eigenvalue weighted by Crippen LogP contribution is 2.30. The van der Waals surface area contributed by atoms with E-state index in [0.29, 0.717) is 17.7 Å². The van der Waals surface area contributed by atoms with E-state index in [-0.39, 0.29) is 37.1 Å². The topological polar surface area (TPSA) is 128 Å². The fourth-order valence-corrected chi connectivity index (χ4v) is 4.10. The average Bonchev–Trinajstić information content (AvgIpc) is 3.24. The molecule has 9 heteroatoms. The molecule has 0 radical (unpaired) electrons. The molecule has 1 aromatic carbocycles. The molecule has 2 saturated heterocycles. The van der Waals surface area contributed by atoms with Gasteiger partial charge in [0, 0.05) is 31.6 Å². The predicted octanol–water partition coefficient (Wildman–Crippen LogP) is -1.10. The molecule has 4 rings (SSSR count). The summed E-state index contributed by atoms with van der Waals surface area (Å²) >= 11 is 0. The van der Waals surface area contributed by atoms with Crippen molar-refractivity contribution in [3.63, 3.8) is 0 Å². The molecule has 3 aliphatic rings. The molecule has 4 amide bonds. The number of carbonyl (C=O) groups is 4. The summed E-state index contributed by atoms with van der Waals surface area (Å²) in [5, 5.41) is 18.0. The van der Waals surface area contributed by atoms with E-state index in [2.05, 4.69) is 16.0 Å². The van der Waals surface area contributed by atoms with Gasteiger partial charge in [0.15, 0.2) is 0 Å². The van der Waals surface area contributed by atoms with Crippen LogP contribution in [0.15, 0.2) is 18.2 Å². The molecule has 3 aliphatic heterocycles. The molecule has 0 saturated carbocycles. The Morgan fingerprint density at radius 1 is 1.18 bits per heavy atom. The maximum Gasteiger partial charge on any atom is 0.262 e. The van der Waals surface area contributed by atoms with E-state index in [1.54, 1.807) is 18.2 Å². The summed E-state index contributed by atoms with van der Waals surface area (Å²) in [6, 6.07) is 4.35. The van der Waals surface area contributed by atoms with Crippen LogP contribution < -0.4 is 16.0 Å². The van der Waals surface area contributed by atoms with Gasteiger partial charge < -0.3 is 15.7 Å². The van der Waals surface area contributed by atoms with Gasteiger partial charge in [0.1, 0.15) is 6.04 Å². The monoisotopic (exact) mass is 386 g/mol. The number of hydrogen-bond donors (Lipinski definition) is 4. The van der Waals surface area contributed by atoms with Gasteiger partial charge in [0.2, 0.25) is 11.8 Å². The van der Waals surface area contributed by atoms with Gasteiger partial charge in [-0.2, -0.15) is 0 Å². The van der Waals surface area contributed by atoms with Crippen LogP contribution in [0.1, 0.15) is 45.5 Å². The molecule has 0 aromatic heterocycles. The van der Waals surface area contributed by atoms with Crippen molar-refractivity contribution in [2.75, 3.05) is 13.2 Å². The van der Waals surface area contributed by atoms with Crippen molar-refractivity contribution in [3.8, 4) is 0 Å². The predicted molar refractivity (Wildman–Crippen MR) is 97.2 cm³/mol. The third kappa shape index (κ3) is 3.21. The van der Waals surface area contributed by atoms with Crippen LogP contribution in [0.4, 0.5) is 0 Å². The van der Waals surface area contributed by atoms with Crippen molar-refractivity contribution < 1.29 is 24.3 Å². The Kier molecular flexibility index (Phi) is 4.96. The molecule has 148 valence electrons. The molecule has 0 bridgehead atoms. The largest absolute Gasteiger partial charge is 0.395 e. The molecule has 28 heavy (non-hydrogen) atoms. The zero-order valence-electron chi connectivity index (χ0n) is 15.2. The van der Waals surface area contributed by atoms with Crippen molar-refractivity contribution in [2.45, 2.75) is 43.9 Å². The lowest BCUT2D eigenvalue weighted by atomic mass is 10.0. The number of imide groups is 2. The van der Waals surface area contributed by atoms with Crippen LogP contribution in [0.5, 0.6) is 0 Å². The second-order valence-electron chi connectivity index (χ2n) is 7.39. The fourth-order valence-electron chi connectivity index (χ4n) is 4.10. The van der Waals surface area contributed by atoms with Crippen LogP contribution in [0.25, 0.3) is 0 Å². The first-order valence-corrected chi connectivity index (χ1v) is 9.40. The maximum absolute atomic E-state index is 13.0. The van der Waals surface area contributed by atoms with Gasteiger partial charge in [-0.05, 0) is 24.5 Å². The fraction of sp³-hybridized carbons (Fsp3) is 0.474. The van der Waals surface area contributed by atoms with Gasteiger partial charge in [-0.15, -0.1) is 0 Å². The molecule has 0 spiro atoms. The molecular formula is C19H22N4O5. The summed E-state index contributed by atoms with van der Waals surface area (Å²) in [5.41, 5.74) is 1.29. The maximum atomic E-state index is 13.0. The third-order valence-corrected chi connectivity index (χ3v) is 5.58. The number of amides is 4. The second-order valence-corrected chi connectivity index (χ2v) is 7.39. The van der Waals surface area contributed by atoms with E-state index in [1.807, 2.05) is 0 Å². The molecule has 3 heterocycles. The number of aliphatic hydroxyl groups excluding tert-OH is 1. The molecule has 1 unspecified atom stereocenters. The first-order chi connectivity index (χ1) is 13.5. The molecule has 1 aromatic rings. The van der Waals surface area contributed by atoms with E-state index in [9.17, 15) is 24.3 Å². The molecule has 4 N–H and O–H groups in total. The summed E-state index contributed by atoms with van der Waals surface area (Å²) in [4.78, 5) is 50.3. The van der Waals surface area contributed by atoms with Gasteiger partial charge in [0.05, 0.1) is 17.7 Å². The van der Waals surface area contributed by atoms with Crippen LogP contribution in [-0.2, 0) is 16.1 Å². The first-order valence-electron chi connectivity index (χ1n) is 9.40. The number of aliphatic hydroxyl groups is 1. The van der Waals surface area contributed by atoms with Crippen molar-refractivity contribution >= 4 is 23.6 Å². The minimum atomic E-state index is -0.963. The highest BCUT2D eigenvalue weighted by molar-refractivity contribution is 6.24. The van der Waals surface area contributed by atoms with E-state index >= 15 is 0 Å². The van der Waals surface area contributed by atoms with E-state index in [4.69, 9.17) is 0 Å². The van der Waals surface area contributed by atoms with Gasteiger partial charge in [-0.25, -0.2) is 0 Å². The van der Waals surface area contributed by atoms with Crippen molar-refractivity contribution in [2.24, 2.45) is 0 Å². The molecule has 2 fully saturated rings. The number of nitrogens with one attached hydrogen (secondary N) is 3. The van der Waals surface area contributed by atoms with Crippen molar-refractivity contribution in [1.82, 2.24) is 20.9 Å². The summed E-state index contributed by atoms with van der Waals surface area (Å²) in [6.45, 7) is 1.19. The van der Waals surface area contributed by atoms with Gasteiger partial charge >= 0.3 is 0 Å². The molecule has 3 atom stereocenters. The molecule has 0 aliphatic carbocycles. The van der Waals surface area contributed by atoms with E-state index < -0.39 is 29.7 Å². The summed E-state index contributed by atoms with van der Waals surface area (Å²) < 4.78 is 0. The molecular weight excluding hydrogens is 364 g/mol. The number of nitrogens with zero attached hydrogens (tertiary/aromatic N) is 1. The lowest BCUT2D eigenvalue weighted by Crippen LogP contribution is -2.54. The van der Waals surface area contributed by atoms with Crippen molar-refractivity contribution in [1.29, 1.82) is 0 Å². The van der Waals surface area contributed by atoms with E-state index in [1.165, 1.54) is 0 Å². The number of fused-ring (bicyclic) bond motifs is 1. The smallest absolute Gasteiger partial charge is 0.262 e. The Morgan fingerprint density at radius 2 is 2.00 bits per heavy atom. The third-order valence-electron chi connectivity index (χ3n) is 5.58. The van der Waals surface area contributed by atoms with Crippen molar-refractivity contribution in [3.05, 3.63) is 34.9 Å². The normalized spacial score (nSPS) is 27.3. The average molecular weight is 386 g/mol. The van der Waals surface area contributed by atoms with Crippen LogP contribution in [-0.4, -0.2) is 64.9 Å². The van der Waals surface area contributed by atoms with Gasteiger partial charge in [0.25, 0.3) is 11.8 Å². The van der Waals surface area contributed by atoms with Crippen LogP contribution in [0.2, 0.25) is 0 Å². The number of carbonyl (C=O) groups excluding carboxylic acids is 4. The SMILES string of the molecule is O=C1CCC(N2C(=O)c3cccc(CN[C@@H]4CN[C@H](CO)C4)c3C2=O)C(=O)N1. The van der Waals surface area contributed by atoms with Crippen LogP contribution >= 0.6 is 0 Å². The Hall–Kier alpha value is -2.62. The Morgan fingerprint density at radius 3 is 2.71 bits per heavy atom. The molecule has 9 nitrogen and oxygen atoms in total. The minimum Gasteiger partial charge on any atom is -0.395 e. The number of benzene rings is 1. The second kappa shape index (κ2) is 7.42. The number of hydrogen-bond acceptors (Lipinski definition) is 7. The quantitative estimate of drug-likeness (QED) is 0.473. The van der Waals surface area contributed by atoms with E-state index in [0.717, 1.165) is 17.9 Å². The summed E-state index contributed by atoms with van der Waals surface area (Å²) in [7, 11) is 0. The highest BCUT2D eigenvalue weighted by Gasteiger charge is 2.45. The lowest BCUT2D eigenvalue weighted by molar-refractivity contribution is -0.136. The first kappa shape index (κ1) is 18.7.